The van der Waals surface area contributed by atoms with Crippen molar-refractivity contribution in [2.45, 2.75) is 33.2 Å². The van der Waals surface area contributed by atoms with Crippen molar-refractivity contribution in [3.63, 3.8) is 0 Å². The Balaban J connectivity index is 2.34. The number of aryl methyl sites for hydroxylation is 1. The first-order valence-electron chi connectivity index (χ1n) is 7.23. The van der Waals surface area contributed by atoms with Gasteiger partial charge in [0.15, 0.2) is 0 Å². The molecule has 0 radical (unpaired) electrons. The van der Waals surface area contributed by atoms with Crippen LogP contribution in [0.1, 0.15) is 37.4 Å². The Bertz CT molecular complexity index is 324. The predicted octanol–water partition coefficient (Wildman–Crippen LogP) is 3.09. The molecule has 3 heteroatoms. The summed E-state index contributed by atoms with van der Waals surface area (Å²) in [7, 11) is 0. The van der Waals surface area contributed by atoms with Crippen LogP contribution in [0.3, 0.4) is 0 Å². The molecule has 1 rings (SSSR count). The van der Waals surface area contributed by atoms with Crippen LogP contribution in [0, 0.1) is 6.92 Å². The molecule has 0 saturated heterocycles. The molecule has 3 nitrogen and oxygen atoms in total. The monoisotopic (exact) mass is 265 g/mol. The average molecular weight is 265 g/mol. The normalized spacial score (nSPS) is 12.6. The van der Waals surface area contributed by atoms with Crippen LogP contribution in [0.4, 0.5) is 0 Å². The summed E-state index contributed by atoms with van der Waals surface area (Å²) < 4.78 is 11.1. The molecule has 0 aliphatic carbocycles. The molecule has 1 N–H and O–H groups in total. The van der Waals surface area contributed by atoms with Gasteiger partial charge in [0.25, 0.3) is 0 Å². The Kier molecular flexibility index (Phi) is 8.47. The maximum atomic E-state index is 5.69. The van der Waals surface area contributed by atoms with Crippen LogP contribution in [0.5, 0.6) is 0 Å². The van der Waals surface area contributed by atoms with Crippen molar-refractivity contribution < 1.29 is 9.47 Å². The van der Waals surface area contributed by atoms with E-state index in [9.17, 15) is 0 Å². The number of nitrogens with one attached hydrogen (secondary N) is 1. The average Bonchev–Trinajstić information content (AvgIpc) is 2.42. The Morgan fingerprint density at radius 2 is 1.68 bits per heavy atom. The van der Waals surface area contributed by atoms with Crippen molar-refractivity contribution in [1.29, 1.82) is 0 Å². The first-order valence-corrected chi connectivity index (χ1v) is 7.23. The summed E-state index contributed by atoms with van der Waals surface area (Å²) >= 11 is 0. The fourth-order valence-corrected chi connectivity index (χ4v) is 1.88. The van der Waals surface area contributed by atoms with E-state index in [1.165, 1.54) is 11.1 Å². The number of hydrogen-bond acceptors (Lipinski definition) is 3. The molecular weight excluding hydrogens is 238 g/mol. The molecule has 0 fully saturated rings. The molecule has 0 aliphatic heterocycles. The van der Waals surface area contributed by atoms with Gasteiger partial charge in [-0.05, 0) is 25.5 Å². The second-order valence-corrected chi connectivity index (χ2v) is 4.71. The second-order valence-electron chi connectivity index (χ2n) is 4.71. The summed E-state index contributed by atoms with van der Waals surface area (Å²) in [5.74, 6) is 0. The van der Waals surface area contributed by atoms with Gasteiger partial charge in [-0.3, -0.25) is 0 Å². The smallest absolute Gasteiger partial charge is 0.0701 e. The van der Waals surface area contributed by atoms with Gasteiger partial charge in [-0.25, -0.2) is 0 Å². The lowest BCUT2D eigenvalue weighted by Gasteiger charge is -2.18. The van der Waals surface area contributed by atoms with Crippen LogP contribution in [0.2, 0.25) is 0 Å². The van der Waals surface area contributed by atoms with Crippen LogP contribution >= 0.6 is 0 Å². The van der Waals surface area contributed by atoms with Gasteiger partial charge in [-0.1, -0.05) is 43.7 Å². The molecule has 1 unspecified atom stereocenters. The van der Waals surface area contributed by atoms with E-state index in [0.29, 0.717) is 19.8 Å². The third-order valence-electron chi connectivity index (χ3n) is 2.94. The summed E-state index contributed by atoms with van der Waals surface area (Å²) in [5.41, 5.74) is 2.56. The van der Waals surface area contributed by atoms with E-state index < -0.39 is 0 Å². The molecular formula is C16H27NO2. The van der Waals surface area contributed by atoms with Crippen LogP contribution < -0.4 is 5.32 Å². The molecule has 108 valence electrons. The van der Waals surface area contributed by atoms with Gasteiger partial charge in [0.2, 0.25) is 0 Å². The van der Waals surface area contributed by atoms with Crippen molar-refractivity contribution in [2.24, 2.45) is 0 Å². The minimum atomic E-state index is 0.261. The highest BCUT2D eigenvalue weighted by molar-refractivity contribution is 5.24. The Morgan fingerprint density at radius 3 is 2.32 bits per heavy atom. The van der Waals surface area contributed by atoms with Crippen LogP contribution in [0.25, 0.3) is 0 Å². The molecule has 0 saturated carbocycles. The standard InChI is InChI=1S/C16H27NO2/c1-4-10-18-11-12-19-13-16(17-5-2)15-8-6-14(3)7-9-15/h6-9,16-17H,4-5,10-13H2,1-3H3. The van der Waals surface area contributed by atoms with Crippen molar-refractivity contribution in [2.75, 3.05) is 33.0 Å². The Hall–Kier alpha value is -0.900. The summed E-state index contributed by atoms with van der Waals surface area (Å²) in [6.45, 7) is 10.1. The van der Waals surface area contributed by atoms with E-state index >= 15 is 0 Å². The zero-order chi connectivity index (χ0) is 13.9. The zero-order valence-corrected chi connectivity index (χ0v) is 12.4. The molecule has 0 heterocycles. The molecule has 1 aromatic carbocycles. The molecule has 0 bridgehead atoms. The maximum Gasteiger partial charge on any atom is 0.0701 e. The van der Waals surface area contributed by atoms with Crippen LogP contribution in [-0.2, 0) is 9.47 Å². The quantitative estimate of drug-likeness (QED) is 0.659. The van der Waals surface area contributed by atoms with E-state index in [1.54, 1.807) is 0 Å². The van der Waals surface area contributed by atoms with Crippen molar-refractivity contribution in [3.8, 4) is 0 Å². The van der Waals surface area contributed by atoms with E-state index in [-0.39, 0.29) is 6.04 Å². The van der Waals surface area contributed by atoms with Crippen molar-refractivity contribution in [3.05, 3.63) is 35.4 Å². The van der Waals surface area contributed by atoms with Gasteiger partial charge in [0.05, 0.1) is 25.9 Å². The summed E-state index contributed by atoms with van der Waals surface area (Å²) in [6.07, 6.45) is 1.06. The number of ether oxygens (including phenoxy) is 2. The second kappa shape index (κ2) is 9.96. The minimum Gasteiger partial charge on any atom is -0.379 e. The van der Waals surface area contributed by atoms with E-state index in [4.69, 9.17) is 9.47 Å². The molecule has 1 atom stereocenters. The van der Waals surface area contributed by atoms with E-state index in [1.807, 2.05) is 0 Å². The predicted molar refractivity (Wildman–Crippen MR) is 79.5 cm³/mol. The number of rotatable bonds is 10. The fourth-order valence-electron chi connectivity index (χ4n) is 1.88. The van der Waals surface area contributed by atoms with Gasteiger partial charge < -0.3 is 14.8 Å². The van der Waals surface area contributed by atoms with Crippen molar-refractivity contribution >= 4 is 0 Å². The van der Waals surface area contributed by atoms with E-state index in [2.05, 4.69) is 50.4 Å². The van der Waals surface area contributed by atoms with Crippen LogP contribution in [0.15, 0.2) is 24.3 Å². The summed E-state index contributed by atoms with van der Waals surface area (Å²) in [4.78, 5) is 0. The number of hydrogen-bond donors (Lipinski definition) is 1. The highest BCUT2D eigenvalue weighted by Gasteiger charge is 2.09. The van der Waals surface area contributed by atoms with Crippen LogP contribution in [-0.4, -0.2) is 33.0 Å². The summed E-state index contributed by atoms with van der Waals surface area (Å²) in [5, 5.41) is 3.45. The molecule has 0 aliphatic rings. The third-order valence-corrected chi connectivity index (χ3v) is 2.94. The topological polar surface area (TPSA) is 30.5 Å². The Labute approximate surface area is 117 Å². The molecule has 1 aromatic rings. The maximum absolute atomic E-state index is 5.69. The summed E-state index contributed by atoms with van der Waals surface area (Å²) in [6, 6.07) is 8.88. The highest BCUT2D eigenvalue weighted by atomic mass is 16.5. The first kappa shape index (κ1) is 16.2. The molecule has 19 heavy (non-hydrogen) atoms. The number of benzene rings is 1. The lowest BCUT2D eigenvalue weighted by molar-refractivity contribution is 0.0393. The molecule has 0 amide bonds. The molecule has 0 aromatic heterocycles. The lowest BCUT2D eigenvalue weighted by Crippen LogP contribution is -2.26. The van der Waals surface area contributed by atoms with Gasteiger partial charge in [0, 0.05) is 6.61 Å². The molecule has 0 spiro atoms. The SMILES string of the molecule is CCCOCCOCC(NCC)c1ccc(C)cc1. The zero-order valence-electron chi connectivity index (χ0n) is 12.4. The van der Waals surface area contributed by atoms with Gasteiger partial charge in [0.1, 0.15) is 0 Å². The number of likely N-dealkylation sites (N-methyl/N-ethyl adjacent to an activating group) is 1. The fraction of sp³-hybridized carbons (Fsp3) is 0.625. The minimum absolute atomic E-state index is 0.261. The van der Waals surface area contributed by atoms with Gasteiger partial charge in [-0.15, -0.1) is 0 Å². The van der Waals surface area contributed by atoms with Gasteiger partial charge in [-0.2, -0.15) is 0 Å². The van der Waals surface area contributed by atoms with Crippen molar-refractivity contribution in [1.82, 2.24) is 5.32 Å². The van der Waals surface area contributed by atoms with E-state index in [0.717, 1.165) is 19.6 Å². The van der Waals surface area contributed by atoms with Gasteiger partial charge >= 0.3 is 0 Å². The first-order chi connectivity index (χ1) is 9.27. The lowest BCUT2D eigenvalue weighted by atomic mass is 10.1. The third kappa shape index (κ3) is 6.71. The Morgan fingerprint density at radius 1 is 1.00 bits per heavy atom. The highest BCUT2D eigenvalue weighted by Crippen LogP contribution is 2.14. The largest absolute Gasteiger partial charge is 0.379 e.